The lowest BCUT2D eigenvalue weighted by Crippen LogP contribution is -2.08. The molecule has 1 N–H and O–H groups in total. The Morgan fingerprint density at radius 1 is 1.13 bits per heavy atom. The van der Waals surface area contributed by atoms with Crippen molar-refractivity contribution in [1.29, 1.82) is 0 Å². The SMILES string of the molecule is C[C@H](Nc1ncnc2sccc12)c1ccc(-n2ccnc2)cc1. The van der Waals surface area contributed by atoms with E-state index in [0.717, 1.165) is 21.7 Å². The van der Waals surface area contributed by atoms with Gasteiger partial charge in [-0.05, 0) is 36.1 Å². The van der Waals surface area contributed by atoms with Gasteiger partial charge in [0.1, 0.15) is 17.0 Å². The van der Waals surface area contributed by atoms with Crippen molar-refractivity contribution in [3.05, 3.63) is 66.3 Å². The third-order valence-corrected chi connectivity index (χ3v) is 4.63. The van der Waals surface area contributed by atoms with Crippen LogP contribution in [-0.2, 0) is 0 Å². The first-order valence-corrected chi connectivity index (χ1v) is 8.22. The van der Waals surface area contributed by atoms with Crippen molar-refractivity contribution in [2.24, 2.45) is 0 Å². The van der Waals surface area contributed by atoms with Crippen molar-refractivity contribution in [1.82, 2.24) is 19.5 Å². The first-order valence-electron chi connectivity index (χ1n) is 7.34. The molecule has 0 bridgehead atoms. The van der Waals surface area contributed by atoms with Gasteiger partial charge in [-0.3, -0.25) is 0 Å². The molecule has 1 atom stereocenters. The summed E-state index contributed by atoms with van der Waals surface area (Å²) in [6.45, 7) is 2.13. The summed E-state index contributed by atoms with van der Waals surface area (Å²) in [6, 6.07) is 10.6. The van der Waals surface area contributed by atoms with Crippen LogP contribution < -0.4 is 5.32 Å². The third-order valence-electron chi connectivity index (χ3n) is 3.81. The molecule has 0 fully saturated rings. The summed E-state index contributed by atoms with van der Waals surface area (Å²) < 4.78 is 1.99. The summed E-state index contributed by atoms with van der Waals surface area (Å²) in [5.41, 5.74) is 2.30. The van der Waals surface area contributed by atoms with Crippen LogP contribution >= 0.6 is 11.3 Å². The smallest absolute Gasteiger partial charge is 0.138 e. The second kappa shape index (κ2) is 5.81. The van der Waals surface area contributed by atoms with E-state index in [0.29, 0.717) is 0 Å². The predicted molar refractivity (Wildman–Crippen MR) is 93.0 cm³/mol. The molecule has 0 amide bonds. The van der Waals surface area contributed by atoms with E-state index in [2.05, 4.69) is 57.5 Å². The number of aromatic nitrogens is 4. The maximum atomic E-state index is 4.37. The number of nitrogens with one attached hydrogen (secondary N) is 1. The van der Waals surface area contributed by atoms with Crippen molar-refractivity contribution >= 4 is 27.4 Å². The summed E-state index contributed by atoms with van der Waals surface area (Å²) in [6.07, 6.45) is 7.12. The minimum atomic E-state index is 0.157. The molecule has 0 spiro atoms. The fourth-order valence-corrected chi connectivity index (χ4v) is 3.27. The molecule has 3 aromatic heterocycles. The fraction of sp³-hybridized carbons (Fsp3) is 0.118. The van der Waals surface area contributed by atoms with Crippen LogP contribution in [0, 0.1) is 0 Å². The van der Waals surface area contributed by atoms with E-state index in [9.17, 15) is 0 Å². The number of benzene rings is 1. The maximum Gasteiger partial charge on any atom is 0.138 e. The van der Waals surface area contributed by atoms with Crippen LogP contribution in [0.3, 0.4) is 0 Å². The summed E-state index contributed by atoms with van der Waals surface area (Å²) >= 11 is 1.63. The van der Waals surface area contributed by atoms with Gasteiger partial charge in [0.15, 0.2) is 0 Å². The summed E-state index contributed by atoms with van der Waals surface area (Å²) in [5.74, 6) is 0.877. The molecule has 3 heterocycles. The molecule has 0 unspecified atom stereocenters. The molecule has 0 saturated heterocycles. The van der Waals surface area contributed by atoms with Crippen LogP contribution in [0.1, 0.15) is 18.5 Å². The van der Waals surface area contributed by atoms with Crippen LogP contribution in [0.5, 0.6) is 0 Å². The molecule has 0 aliphatic carbocycles. The molecule has 0 saturated carbocycles. The number of thiophene rings is 1. The number of imidazole rings is 1. The van der Waals surface area contributed by atoms with E-state index in [1.54, 1.807) is 30.2 Å². The van der Waals surface area contributed by atoms with Crippen molar-refractivity contribution in [2.75, 3.05) is 5.32 Å². The van der Waals surface area contributed by atoms with Gasteiger partial charge in [0, 0.05) is 24.1 Å². The lowest BCUT2D eigenvalue weighted by molar-refractivity contribution is 0.874. The Labute approximate surface area is 137 Å². The van der Waals surface area contributed by atoms with Crippen LogP contribution in [-0.4, -0.2) is 19.5 Å². The quantitative estimate of drug-likeness (QED) is 0.616. The second-order valence-corrected chi connectivity index (χ2v) is 6.18. The van der Waals surface area contributed by atoms with Gasteiger partial charge in [-0.25, -0.2) is 15.0 Å². The van der Waals surface area contributed by atoms with Gasteiger partial charge in [0.25, 0.3) is 0 Å². The van der Waals surface area contributed by atoms with Crippen LogP contribution in [0.2, 0.25) is 0 Å². The van der Waals surface area contributed by atoms with Gasteiger partial charge in [0.05, 0.1) is 11.7 Å². The number of anilines is 1. The zero-order chi connectivity index (χ0) is 15.6. The van der Waals surface area contributed by atoms with Crippen molar-refractivity contribution < 1.29 is 0 Å². The van der Waals surface area contributed by atoms with Gasteiger partial charge >= 0.3 is 0 Å². The molecule has 0 aliphatic heterocycles. The van der Waals surface area contributed by atoms with E-state index in [1.807, 2.05) is 16.1 Å². The lowest BCUT2D eigenvalue weighted by atomic mass is 10.1. The van der Waals surface area contributed by atoms with E-state index >= 15 is 0 Å². The number of hydrogen-bond acceptors (Lipinski definition) is 5. The second-order valence-electron chi connectivity index (χ2n) is 5.29. The topological polar surface area (TPSA) is 55.6 Å². The molecule has 4 aromatic rings. The predicted octanol–water partition coefficient (Wildman–Crippen LogP) is 4.05. The van der Waals surface area contributed by atoms with E-state index in [4.69, 9.17) is 0 Å². The standard InChI is InChI=1S/C17H15N5S/c1-12(21-16-15-6-9-23-17(15)20-10-19-16)13-2-4-14(5-3-13)22-8-7-18-11-22/h2-12H,1H3,(H,19,20,21)/t12-/m0/s1. The Morgan fingerprint density at radius 2 is 2.00 bits per heavy atom. The number of rotatable bonds is 4. The molecule has 114 valence electrons. The van der Waals surface area contributed by atoms with Gasteiger partial charge in [-0.1, -0.05) is 12.1 Å². The molecule has 6 heteroatoms. The van der Waals surface area contributed by atoms with E-state index < -0.39 is 0 Å². The van der Waals surface area contributed by atoms with Crippen molar-refractivity contribution in [2.45, 2.75) is 13.0 Å². The van der Waals surface area contributed by atoms with Crippen molar-refractivity contribution in [3.8, 4) is 5.69 Å². The Balaban J connectivity index is 1.57. The van der Waals surface area contributed by atoms with Crippen LogP contribution in [0.25, 0.3) is 15.9 Å². The summed E-state index contributed by atoms with van der Waals surface area (Å²) in [4.78, 5) is 13.7. The lowest BCUT2D eigenvalue weighted by Gasteiger charge is -2.16. The fourth-order valence-electron chi connectivity index (χ4n) is 2.54. The minimum absolute atomic E-state index is 0.157. The normalized spacial score (nSPS) is 12.4. The first kappa shape index (κ1) is 13.9. The molecule has 23 heavy (non-hydrogen) atoms. The highest BCUT2D eigenvalue weighted by atomic mass is 32.1. The highest BCUT2D eigenvalue weighted by molar-refractivity contribution is 7.16. The van der Waals surface area contributed by atoms with Crippen LogP contribution in [0.4, 0.5) is 5.82 Å². The largest absolute Gasteiger partial charge is 0.363 e. The average Bonchev–Trinajstić information content (AvgIpc) is 3.27. The van der Waals surface area contributed by atoms with Gasteiger partial charge in [0.2, 0.25) is 0 Å². The van der Waals surface area contributed by atoms with Crippen LogP contribution in [0.15, 0.2) is 60.8 Å². The van der Waals surface area contributed by atoms with Crippen molar-refractivity contribution in [3.63, 3.8) is 0 Å². The molecule has 4 rings (SSSR count). The highest BCUT2D eigenvalue weighted by Gasteiger charge is 2.10. The number of hydrogen-bond donors (Lipinski definition) is 1. The molecule has 5 nitrogen and oxygen atoms in total. The Morgan fingerprint density at radius 3 is 2.78 bits per heavy atom. The molecule has 0 aliphatic rings. The Kier molecular flexibility index (Phi) is 3.51. The zero-order valence-electron chi connectivity index (χ0n) is 12.5. The molecular formula is C17H15N5S. The molecule has 1 aromatic carbocycles. The maximum absolute atomic E-state index is 4.37. The van der Waals surface area contributed by atoms with Gasteiger partial charge < -0.3 is 9.88 Å². The monoisotopic (exact) mass is 321 g/mol. The average molecular weight is 321 g/mol. The highest BCUT2D eigenvalue weighted by Crippen LogP contribution is 2.27. The van der Waals surface area contributed by atoms with Gasteiger partial charge in [-0.15, -0.1) is 11.3 Å². The van der Waals surface area contributed by atoms with Gasteiger partial charge in [-0.2, -0.15) is 0 Å². The molecular weight excluding hydrogens is 306 g/mol. The third kappa shape index (κ3) is 2.68. The first-order chi connectivity index (χ1) is 11.3. The number of fused-ring (bicyclic) bond motifs is 1. The minimum Gasteiger partial charge on any atom is -0.363 e. The van der Waals surface area contributed by atoms with E-state index in [-0.39, 0.29) is 6.04 Å². The summed E-state index contributed by atoms with van der Waals surface area (Å²) in [5, 5.41) is 6.58. The van der Waals surface area contributed by atoms with E-state index in [1.165, 1.54) is 5.56 Å². The zero-order valence-corrected chi connectivity index (χ0v) is 13.4. The molecule has 0 radical (unpaired) electrons. The Bertz CT molecular complexity index is 912. The number of nitrogens with zero attached hydrogens (tertiary/aromatic N) is 4. The Hall–Kier alpha value is -2.73. The summed E-state index contributed by atoms with van der Waals surface area (Å²) in [7, 11) is 0.